The van der Waals surface area contributed by atoms with E-state index in [1.54, 1.807) is 6.07 Å². The molecule has 0 saturated carbocycles. The van der Waals surface area contributed by atoms with Crippen molar-refractivity contribution in [3.05, 3.63) is 45.0 Å². The highest BCUT2D eigenvalue weighted by Crippen LogP contribution is 2.60. The van der Waals surface area contributed by atoms with E-state index in [1.807, 2.05) is 22.6 Å². The summed E-state index contributed by atoms with van der Waals surface area (Å²) in [4.78, 5) is 11.2. The third kappa shape index (κ3) is 5.98. The third-order valence-electron chi connectivity index (χ3n) is 4.65. The van der Waals surface area contributed by atoms with E-state index < -0.39 is 54.3 Å². The lowest BCUT2D eigenvalue weighted by Gasteiger charge is -2.39. The maximum Gasteiger partial charge on any atom is 0.460 e. The van der Waals surface area contributed by atoms with Crippen molar-refractivity contribution >= 4 is 28.6 Å². The van der Waals surface area contributed by atoms with E-state index in [-0.39, 0.29) is 30.9 Å². The first-order valence-corrected chi connectivity index (χ1v) is 10.3. The van der Waals surface area contributed by atoms with Gasteiger partial charge in [0.05, 0.1) is 5.56 Å². The van der Waals surface area contributed by atoms with Gasteiger partial charge in [-0.1, -0.05) is 12.1 Å². The molecule has 200 valence electrons. The maximum absolute atomic E-state index is 13.6. The first-order valence-electron chi connectivity index (χ1n) is 9.20. The van der Waals surface area contributed by atoms with E-state index in [2.05, 4.69) is 0 Å². The predicted molar refractivity (Wildman–Crippen MR) is 104 cm³/mol. The molecular formula is C19H14F13IO2. The molecule has 0 atom stereocenters. The van der Waals surface area contributed by atoms with E-state index in [4.69, 9.17) is 5.11 Å². The second-order valence-electron chi connectivity index (χ2n) is 7.17. The van der Waals surface area contributed by atoms with Crippen LogP contribution in [0.3, 0.4) is 0 Å². The monoisotopic (exact) mass is 648 g/mol. The Bertz CT molecular complexity index is 939. The van der Waals surface area contributed by atoms with Crippen LogP contribution in [0, 0.1) is 3.57 Å². The van der Waals surface area contributed by atoms with Crippen LogP contribution in [0.15, 0.2) is 30.4 Å². The fourth-order valence-electron chi connectivity index (χ4n) is 2.66. The average molecular weight is 648 g/mol. The molecule has 35 heavy (non-hydrogen) atoms. The smallest absolute Gasteiger partial charge is 0.460 e. The zero-order chi connectivity index (χ0) is 27.7. The Morgan fingerprint density at radius 1 is 0.800 bits per heavy atom. The Labute approximate surface area is 202 Å². The number of halogens is 14. The summed E-state index contributed by atoms with van der Waals surface area (Å²) >= 11 is 1.84. The summed E-state index contributed by atoms with van der Waals surface area (Å²) in [5.41, 5.74) is 0.253. The number of hydrogen-bond acceptors (Lipinski definition) is 1. The summed E-state index contributed by atoms with van der Waals surface area (Å²) in [5, 5.41) is 9.12. The number of aromatic carboxylic acids is 1. The fourth-order valence-corrected chi connectivity index (χ4v) is 3.15. The number of aryl methyl sites for hydroxylation is 1. The van der Waals surface area contributed by atoms with Gasteiger partial charge < -0.3 is 5.11 Å². The van der Waals surface area contributed by atoms with Gasteiger partial charge in [-0.05, 0) is 72.0 Å². The Kier molecular flexibility index (Phi) is 9.22. The van der Waals surface area contributed by atoms with Crippen molar-refractivity contribution in [2.75, 3.05) is 0 Å². The van der Waals surface area contributed by atoms with Crippen molar-refractivity contribution in [3.63, 3.8) is 0 Å². The third-order valence-corrected chi connectivity index (χ3v) is 5.33. The quantitative estimate of drug-likeness (QED) is 0.114. The van der Waals surface area contributed by atoms with Crippen LogP contribution in [0.4, 0.5) is 57.1 Å². The minimum atomic E-state index is -7.92. The molecule has 1 aromatic rings. The normalized spacial score (nSPS) is 14.6. The van der Waals surface area contributed by atoms with E-state index in [9.17, 15) is 61.9 Å². The van der Waals surface area contributed by atoms with Crippen LogP contribution in [0.2, 0.25) is 0 Å². The van der Waals surface area contributed by atoms with Crippen molar-refractivity contribution in [2.24, 2.45) is 0 Å². The lowest BCUT2D eigenvalue weighted by atomic mass is 9.93. The van der Waals surface area contributed by atoms with Gasteiger partial charge in [-0.15, -0.1) is 0 Å². The van der Waals surface area contributed by atoms with E-state index in [0.717, 1.165) is 0 Å². The Hall–Kier alpha value is -1.75. The number of carboxylic acid groups (broad SMARTS) is 1. The summed E-state index contributed by atoms with van der Waals surface area (Å²) in [7, 11) is 0. The van der Waals surface area contributed by atoms with Gasteiger partial charge in [0.25, 0.3) is 0 Å². The number of hydrogen-bond donors (Lipinski definition) is 1. The van der Waals surface area contributed by atoms with Crippen LogP contribution in [0.1, 0.15) is 35.2 Å². The zero-order valence-corrected chi connectivity index (χ0v) is 19.0. The molecule has 0 unspecified atom stereocenters. The Balaban J connectivity index is 2.94. The minimum absolute atomic E-state index is 0.0652. The highest BCUT2D eigenvalue weighted by molar-refractivity contribution is 14.1. The van der Waals surface area contributed by atoms with E-state index in [1.165, 1.54) is 12.1 Å². The standard InChI is InChI=1S/C19H14F13IO2/c20-14(21,15(22,23)16(24,25)17(26,27)18(28,29)19(30,31)32)8-4-2-1-3-5-10-6-7-11(33)9-12(10)13(34)35/h4,6-9H,1-3,5H2,(H,34,35). The largest absolute Gasteiger partial charge is 0.478 e. The van der Waals surface area contributed by atoms with Gasteiger partial charge in [0.2, 0.25) is 0 Å². The van der Waals surface area contributed by atoms with Gasteiger partial charge in [-0.3, -0.25) is 0 Å². The molecule has 0 aromatic heterocycles. The summed E-state index contributed by atoms with van der Waals surface area (Å²) in [6.07, 6.45) is -8.85. The number of carbonyl (C=O) groups is 1. The van der Waals surface area contributed by atoms with E-state index >= 15 is 0 Å². The number of alkyl halides is 13. The first kappa shape index (κ1) is 31.3. The molecule has 0 saturated heterocycles. The molecule has 0 aliphatic heterocycles. The van der Waals surface area contributed by atoms with Gasteiger partial charge in [0, 0.05) is 3.57 Å². The van der Waals surface area contributed by atoms with Crippen molar-refractivity contribution in [3.8, 4) is 0 Å². The second-order valence-corrected chi connectivity index (χ2v) is 8.42. The summed E-state index contributed by atoms with van der Waals surface area (Å²) in [6.45, 7) is 0. The highest BCUT2D eigenvalue weighted by Gasteiger charge is 2.90. The molecule has 0 amide bonds. The van der Waals surface area contributed by atoms with Crippen molar-refractivity contribution in [2.45, 2.75) is 61.5 Å². The lowest BCUT2D eigenvalue weighted by Crippen LogP contribution is -2.69. The molecule has 0 fully saturated rings. The first-order chi connectivity index (χ1) is 15.5. The number of rotatable bonds is 11. The molecule has 0 aliphatic rings. The number of allylic oxidation sites excluding steroid dienone is 2. The van der Waals surface area contributed by atoms with Crippen LogP contribution >= 0.6 is 22.6 Å². The Morgan fingerprint density at radius 3 is 1.80 bits per heavy atom. The van der Waals surface area contributed by atoms with Gasteiger partial charge in [-0.25, -0.2) is 4.79 Å². The molecule has 0 heterocycles. The van der Waals surface area contributed by atoms with Gasteiger partial charge in [-0.2, -0.15) is 57.1 Å². The van der Waals surface area contributed by atoms with Crippen molar-refractivity contribution < 1.29 is 67.0 Å². The summed E-state index contributed by atoms with van der Waals surface area (Å²) in [6, 6.07) is 4.34. The van der Waals surface area contributed by atoms with E-state index in [0.29, 0.717) is 9.13 Å². The number of unbranched alkanes of at least 4 members (excludes halogenated alkanes) is 2. The summed E-state index contributed by atoms with van der Waals surface area (Å²) < 4.78 is 170. The predicted octanol–water partition coefficient (Wildman–Crippen LogP) is 8.00. The minimum Gasteiger partial charge on any atom is -0.478 e. The molecule has 1 rings (SSSR count). The van der Waals surface area contributed by atoms with Crippen molar-refractivity contribution in [1.29, 1.82) is 0 Å². The molecule has 2 nitrogen and oxygen atoms in total. The van der Waals surface area contributed by atoms with Crippen LogP contribution < -0.4 is 0 Å². The number of carboxylic acids is 1. The molecule has 0 aliphatic carbocycles. The highest BCUT2D eigenvalue weighted by atomic mass is 127. The maximum atomic E-state index is 13.6. The topological polar surface area (TPSA) is 37.3 Å². The van der Waals surface area contributed by atoms with Crippen LogP contribution in [0.5, 0.6) is 0 Å². The number of benzene rings is 1. The molecular weight excluding hydrogens is 634 g/mol. The van der Waals surface area contributed by atoms with Crippen LogP contribution in [-0.4, -0.2) is 46.9 Å². The Morgan fingerprint density at radius 2 is 1.31 bits per heavy atom. The van der Waals surface area contributed by atoms with Crippen molar-refractivity contribution in [1.82, 2.24) is 0 Å². The molecule has 0 bridgehead atoms. The molecule has 0 spiro atoms. The molecule has 1 N–H and O–H groups in total. The van der Waals surface area contributed by atoms with Gasteiger partial charge >= 0.3 is 41.8 Å². The molecule has 16 heteroatoms. The zero-order valence-electron chi connectivity index (χ0n) is 16.9. The van der Waals surface area contributed by atoms with Gasteiger partial charge in [0.15, 0.2) is 0 Å². The van der Waals surface area contributed by atoms with Gasteiger partial charge in [0.1, 0.15) is 0 Å². The lowest BCUT2D eigenvalue weighted by molar-refractivity contribution is -0.436. The summed E-state index contributed by atoms with van der Waals surface area (Å²) in [5.74, 6) is -38.3. The van der Waals surface area contributed by atoms with Crippen LogP contribution in [0.25, 0.3) is 0 Å². The molecule has 0 radical (unpaired) electrons. The SMILES string of the molecule is O=C(O)c1cc(I)ccc1CCCCC=CC(F)(F)C(F)(F)C(F)(F)C(F)(F)C(F)(F)C(F)(F)F. The fraction of sp³-hybridized carbons (Fsp3) is 0.526. The van der Waals surface area contributed by atoms with Crippen LogP contribution in [-0.2, 0) is 6.42 Å². The second kappa shape index (κ2) is 10.3. The average Bonchev–Trinajstić information content (AvgIpc) is 2.69. The molecule has 1 aromatic carbocycles.